The fraction of sp³-hybridized carbons (Fsp3) is 0.333. The Labute approximate surface area is 121 Å². The molecule has 0 N–H and O–H groups in total. The van der Waals surface area contributed by atoms with Crippen molar-refractivity contribution in [1.82, 2.24) is 25.2 Å². The van der Waals surface area contributed by atoms with Crippen LogP contribution in [0.4, 0.5) is 0 Å². The van der Waals surface area contributed by atoms with Gasteiger partial charge in [0.1, 0.15) is 0 Å². The number of nitrogens with zero attached hydrogens (tertiary/aromatic N) is 5. The van der Waals surface area contributed by atoms with Crippen LogP contribution in [0.25, 0.3) is 5.69 Å². The van der Waals surface area contributed by atoms with Gasteiger partial charge in [0.2, 0.25) is 11.8 Å². The summed E-state index contributed by atoms with van der Waals surface area (Å²) in [6.07, 6.45) is 5.74. The van der Waals surface area contributed by atoms with E-state index in [1.165, 1.54) is 12.8 Å². The van der Waals surface area contributed by atoms with Gasteiger partial charge in [-0.25, -0.2) is 4.68 Å². The van der Waals surface area contributed by atoms with E-state index in [4.69, 9.17) is 4.42 Å². The van der Waals surface area contributed by atoms with E-state index in [-0.39, 0.29) is 0 Å². The van der Waals surface area contributed by atoms with Crippen LogP contribution < -0.4 is 0 Å². The minimum absolute atomic E-state index is 0.505. The number of rotatable bonds is 5. The lowest BCUT2D eigenvalue weighted by atomic mass is 10.2. The normalized spacial score (nSPS) is 14.5. The maximum atomic E-state index is 5.64. The highest BCUT2D eigenvalue weighted by Crippen LogP contribution is 2.39. The van der Waals surface area contributed by atoms with Gasteiger partial charge >= 0.3 is 0 Å². The van der Waals surface area contributed by atoms with Crippen molar-refractivity contribution in [3.05, 3.63) is 54.0 Å². The maximum Gasteiger partial charge on any atom is 0.219 e. The smallest absolute Gasteiger partial charge is 0.219 e. The molecule has 0 bridgehead atoms. The standard InChI is InChI=1S/C15H15N5O/c1-2-4-13(5-3-1)20-10-12(16-19-20)8-9-14-17-18-15(21-14)11-6-7-11/h1-5,10-11H,6-9H2. The van der Waals surface area contributed by atoms with Crippen molar-refractivity contribution in [2.75, 3.05) is 0 Å². The molecule has 0 radical (unpaired) electrons. The topological polar surface area (TPSA) is 69.6 Å². The van der Waals surface area contributed by atoms with Gasteiger partial charge in [-0.05, 0) is 25.0 Å². The first-order chi connectivity index (χ1) is 10.4. The molecule has 6 nitrogen and oxygen atoms in total. The molecule has 0 saturated heterocycles. The van der Waals surface area contributed by atoms with Crippen LogP contribution in [0, 0.1) is 0 Å². The molecule has 4 rings (SSSR count). The number of para-hydroxylation sites is 1. The number of hydrogen-bond acceptors (Lipinski definition) is 5. The van der Waals surface area contributed by atoms with Crippen LogP contribution in [-0.4, -0.2) is 25.2 Å². The molecule has 2 aromatic heterocycles. The summed E-state index contributed by atoms with van der Waals surface area (Å²) < 4.78 is 7.42. The minimum atomic E-state index is 0.505. The van der Waals surface area contributed by atoms with E-state index in [1.54, 1.807) is 4.68 Å². The summed E-state index contributed by atoms with van der Waals surface area (Å²) in [6.45, 7) is 0. The summed E-state index contributed by atoms with van der Waals surface area (Å²) >= 11 is 0. The summed E-state index contributed by atoms with van der Waals surface area (Å²) in [5.74, 6) is 1.98. The summed E-state index contributed by atoms with van der Waals surface area (Å²) in [5, 5.41) is 16.5. The van der Waals surface area contributed by atoms with Crippen LogP contribution in [-0.2, 0) is 12.8 Å². The van der Waals surface area contributed by atoms with E-state index < -0.39 is 0 Å². The zero-order valence-corrected chi connectivity index (χ0v) is 11.5. The first kappa shape index (κ1) is 12.3. The van der Waals surface area contributed by atoms with Gasteiger partial charge < -0.3 is 4.42 Å². The lowest BCUT2D eigenvalue weighted by molar-refractivity contribution is 0.449. The van der Waals surface area contributed by atoms with E-state index in [0.29, 0.717) is 18.2 Å². The van der Waals surface area contributed by atoms with Gasteiger partial charge in [0.15, 0.2) is 0 Å². The van der Waals surface area contributed by atoms with Crippen LogP contribution in [0.5, 0.6) is 0 Å². The Bertz CT molecular complexity index is 729. The van der Waals surface area contributed by atoms with Crippen molar-refractivity contribution in [2.45, 2.75) is 31.6 Å². The highest BCUT2D eigenvalue weighted by molar-refractivity contribution is 5.29. The van der Waals surface area contributed by atoms with Gasteiger partial charge in [0, 0.05) is 18.8 Å². The molecule has 1 saturated carbocycles. The molecular formula is C15H15N5O. The van der Waals surface area contributed by atoms with Gasteiger partial charge in [-0.15, -0.1) is 15.3 Å². The molecule has 21 heavy (non-hydrogen) atoms. The second kappa shape index (κ2) is 5.12. The molecule has 0 amide bonds. The molecule has 6 heteroatoms. The van der Waals surface area contributed by atoms with Crippen LogP contribution in [0.1, 0.15) is 36.2 Å². The fourth-order valence-corrected chi connectivity index (χ4v) is 2.22. The molecule has 106 valence electrons. The molecular weight excluding hydrogens is 266 g/mol. The van der Waals surface area contributed by atoms with Crippen molar-refractivity contribution in [3.8, 4) is 5.69 Å². The molecule has 0 unspecified atom stereocenters. The van der Waals surface area contributed by atoms with Crippen molar-refractivity contribution < 1.29 is 4.42 Å². The van der Waals surface area contributed by atoms with Gasteiger partial charge in [0.05, 0.1) is 17.6 Å². The highest BCUT2D eigenvalue weighted by Gasteiger charge is 2.29. The maximum absolute atomic E-state index is 5.64. The van der Waals surface area contributed by atoms with Gasteiger partial charge in [0.25, 0.3) is 0 Å². The van der Waals surface area contributed by atoms with Gasteiger partial charge in [-0.3, -0.25) is 0 Å². The quantitative estimate of drug-likeness (QED) is 0.717. The SMILES string of the molecule is c1ccc(-n2cc(CCc3nnc(C4CC4)o3)nn2)cc1. The van der Waals surface area contributed by atoms with Crippen LogP contribution in [0.15, 0.2) is 40.9 Å². The number of aromatic nitrogens is 5. The highest BCUT2D eigenvalue weighted by atomic mass is 16.4. The number of aryl methyl sites for hydroxylation is 2. The Balaban J connectivity index is 1.41. The fourth-order valence-electron chi connectivity index (χ4n) is 2.22. The first-order valence-corrected chi connectivity index (χ1v) is 7.17. The van der Waals surface area contributed by atoms with Crippen molar-refractivity contribution in [2.24, 2.45) is 0 Å². The third kappa shape index (κ3) is 2.69. The molecule has 1 aromatic carbocycles. The predicted octanol–water partition coefficient (Wildman–Crippen LogP) is 2.31. The van der Waals surface area contributed by atoms with Crippen LogP contribution in [0.3, 0.4) is 0 Å². The molecule has 3 aromatic rings. The zero-order valence-electron chi connectivity index (χ0n) is 11.5. The average molecular weight is 281 g/mol. The van der Waals surface area contributed by atoms with Gasteiger partial charge in [-0.2, -0.15) is 0 Å². The Hall–Kier alpha value is -2.50. The first-order valence-electron chi connectivity index (χ1n) is 7.17. The zero-order chi connectivity index (χ0) is 14.1. The Morgan fingerprint density at radius 1 is 1.05 bits per heavy atom. The van der Waals surface area contributed by atoms with E-state index in [0.717, 1.165) is 23.7 Å². The average Bonchev–Trinajstić information content (AvgIpc) is 3.09. The summed E-state index contributed by atoms with van der Waals surface area (Å²) in [6, 6.07) is 9.94. The Morgan fingerprint density at radius 2 is 1.90 bits per heavy atom. The number of hydrogen-bond donors (Lipinski definition) is 0. The Kier molecular flexibility index (Phi) is 2.99. The molecule has 1 aliphatic rings. The van der Waals surface area contributed by atoms with Gasteiger partial charge in [-0.1, -0.05) is 23.4 Å². The molecule has 2 heterocycles. The summed E-state index contributed by atoms with van der Waals surface area (Å²) in [7, 11) is 0. The second-order valence-electron chi connectivity index (χ2n) is 5.30. The largest absolute Gasteiger partial charge is 0.425 e. The third-order valence-corrected chi connectivity index (χ3v) is 3.57. The molecule has 0 aliphatic heterocycles. The predicted molar refractivity (Wildman–Crippen MR) is 75.0 cm³/mol. The van der Waals surface area contributed by atoms with Crippen molar-refractivity contribution >= 4 is 0 Å². The second-order valence-corrected chi connectivity index (χ2v) is 5.30. The van der Waals surface area contributed by atoms with E-state index in [9.17, 15) is 0 Å². The van der Waals surface area contributed by atoms with Crippen molar-refractivity contribution in [3.63, 3.8) is 0 Å². The molecule has 1 fully saturated rings. The van der Waals surface area contributed by atoms with Crippen LogP contribution >= 0.6 is 0 Å². The Morgan fingerprint density at radius 3 is 2.71 bits per heavy atom. The monoisotopic (exact) mass is 281 g/mol. The summed E-state index contributed by atoms with van der Waals surface area (Å²) in [5.41, 5.74) is 1.93. The lowest BCUT2D eigenvalue weighted by Crippen LogP contribution is -1.93. The van der Waals surface area contributed by atoms with E-state index >= 15 is 0 Å². The van der Waals surface area contributed by atoms with E-state index in [2.05, 4.69) is 20.5 Å². The summed E-state index contributed by atoms with van der Waals surface area (Å²) in [4.78, 5) is 0. The number of benzene rings is 1. The lowest BCUT2D eigenvalue weighted by Gasteiger charge is -1.97. The molecule has 1 aliphatic carbocycles. The van der Waals surface area contributed by atoms with Crippen molar-refractivity contribution in [1.29, 1.82) is 0 Å². The van der Waals surface area contributed by atoms with E-state index in [1.807, 2.05) is 36.5 Å². The molecule has 0 atom stereocenters. The molecule has 0 spiro atoms. The third-order valence-electron chi connectivity index (χ3n) is 3.57. The van der Waals surface area contributed by atoms with Crippen LogP contribution in [0.2, 0.25) is 0 Å². The minimum Gasteiger partial charge on any atom is -0.425 e.